The molecule has 0 radical (unpaired) electrons. The Kier molecular flexibility index (Phi) is 6.67. The number of nitrogens with one attached hydrogen (secondary N) is 1. The van der Waals surface area contributed by atoms with Crippen LogP contribution in [0.1, 0.15) is 23.6 Å². The molecule has 5 heteroatoms. The van der Waals surface area contributed by atoms with Crippen LogP contribution < -0.4 is 14.8 Å². The fraction of sp³-hybridized carbons (Fsp3) is 0.316. The number of hydrogen-bond acceptors (Lipinski definition) is 3. The molecule has 2 aromatic carbocycles. The molecule has 1 amide bonds. The highest BCUT2D eigenvalue weighted by Gasteiger charge is 2.06. The van der Waals surface area contributed by atoms with Gasteiger partial charge in [-0.1, -0.05) is 28.1 Å². The lowest BCUT2D eigenvalue weighted by Gasteiger charge is -2.11. The zero-order valence-electron chi connectivity index (χ0n) is 14.2. The van der Waals surface area contributed by atoms with Gasteiger partial charge in [-0.15, -0.1) is 0 Å². The van der Waals surface area contributed by atoms with Crippen molar-refractivity contribution in [2.24, 2.45) is 0 Å². The van der Waals surface area contributed by atoms with Crippen LogP contribution in [0.3, 0.4) is 0 Å². The third-order valence-corrected chi connectivity index (χ3v) is 4.75. The van der Waals surface area contributed by atoms with Crippen molar-refractivity contribution in [3.63, 3.8) is 0 Å². The van der Waals surface area contributed by atoms with Gasteiger partial charge in [0.05, 0.1) is 6.61 Å². The Hall–Kier alpha value is -2.01. The molecule has 0 atom stereocenters. The zero-order valence-corrected chi connectivity index (χ0v) is 15.8. The summed E-state index contributed by atoms with van der Waals surface area (Å²) in [5.74, 6) is 1.38. The second kappa shape index (κ2) is 8.73. The minimum absolute atomic E-state index is 0.00244. The maximum atomic E-state index is 11.9. The predicted molar refractivity (Wildman–Crippen MR) is 98.6 cm³/mol. The molecule has 24 heavy (non-hydrogen) atoms. The van der Waals surface area contributed by atoms with Crippen molar-refractivity contribution >= 4 is 21.8 Å². The van der Waals surface area contributed by atoms with Crippen LogP contribution in [0.15, 0.2) is 40.9 Å². The summed E-state index contributed by atoms with van der Waals surface area (Å²) >= 11 is 3.52. The first-order valence-corrected chi connectivity index (χ1v) is 8.67. The number of carbonyl (C=O) groups is 1. The van der Waals surface area contributed by atoms with Crippen molar-refractivity contribution < 1.29 is 14.3 Å². The molecule has 0 saturated heterocycles. The van der Waals surface area contributed by atoms with Gasteiger partial charge in [0.15, 0.2) is 6.61 Å². The van der Waals surface area contributed by atoms with Crippen LogP contribution in [0.2, 0.25) is 0 Å². The standard InChI is InChI=1S/C19H22BrNO3/c1-4-23-16-7-5-15(6-8-16)11-21-18(22)12-24-17-9-13(2)19(20)14(3)10-17/h5-10H,4,11-12H2,1-3H3,(H,21,22). The normalized spacial score (nSPS) is 10.3. The molecule has 0 aromatic heterocycles. The maximum Gasteiger partial charge on any atom is 0.258 e. The van der Waals surface area contributed by atoms with Crippen LogP contribution in [0.4, 0.5) is 0 Å². The van der Waals surface area contributed by atoms with E-state index in [-0.39, 0.29) is 12.5 Å². The average Bonchev–Trinajstić information content (AvgIpc) is 2.57. The zero-order chi connectivity index (χ0) is 17.5. The van der Waals surface area contributed by atoms with Gasteiger partial charge < -0.3 is 14.8 Å². The van der Waals surface area contributed by atoms with Gasteiger partial charge >= 0.3 is 0 Å². The summed E-state index contributed by atoms with van der Waals surface area (Å²) < 4.78 is 12.0. The largest absolute Gasteiger partial charge is 0.494 e. The van der Waals surface area contributed by atoms with Gasteiger partial charge in [-0.2, -0.15) is 0 Å². The molecular weight excluding hydrogens is 370 g/mol. The number of aryl methyl sites for hydroxylation is 2. The van der Waals surface area contributed by atoms with E-state index in [4.69, 9.17) is 9.47 Å². The third kappa shape index (κ3) is 5.27. The molecule has 4 nitrogen and oxygen atoms in total. The minimum Gasteiger partial charge on any atom is -0.494 e. The Morgan fingerprint density at radius 2 is 1.67 bits per heavy atom. The highest BCUT2D eigenvalue weighted by atomic mass is 79.9. The Morgan fingerprint density at radius 1 is 1.04 bits per heavy atom. The highest BCUT2D eigenvalue weighted by molar-refractivity contribution is 9.10. The van der Waals surface area contributed by atoms with E-state index in [1.54, 1.807) is 0 Å². The molecular formula is C19H22BrNO3. The summed E-state index contributed by atoms with van der Waals surface area (Å²) in [5.41, 5.74) is 3.18. The second-order valence-electron chi connectivity index (χ2n) is 5.51. The van der Waals surface area contributed by atoms with E-state index in [9.17, 15) is 4.79 Å². The van der Waals surface area contributed by atoms with Crippen molar-refractivity contribution in [2.75, 3.05) is 13.2 Å². The molecule has 0 aliphatic rings. The molecule has 2 aromatic rings. The molecule has 128 valence electrons. The van der Waals surface area contributed by atoms with Crippen molar-refractivity contribution in [3.05, 3.63) is 57.6 Å². The quantitative estimate of drug-likeness (QED) is 0.770. The van der Waals surface area contributed by atoms with Gasteiger partial charge in [-0.25, -0.2) is 0 Å². The van der Waals surface area contributed by atoms with Gasteiger partial charge in [0.2, 0.25) is 0 Å². The summed E-state index contributed by atoms with van der Waals surface area (Å²) in [6, 6.07) is 11.5. The van der Waals surface area contributed by atoms with E-state index >= 15 is 0 Å². The van der Waals surface area contributed by atoms with Crippen molar-refractivity contribution in [1.82, 2.24) is 5.32 Å². The van der Waals surface area contributed by atoms with Crippen molar-refractivity contribution in [1.29, 1.82) is 0 Å². The first kappa shape index (κ1) is 18.3. The van der Waals surface area contributed by atoms with Crippen LogP contribution in [-0.4, -0.2) is 19.1 Å². The van der Waals surface area contributed by atoms with Crippen LogP contribution in [-0.2, 0) is 11.3 Å². The van der Waals surface area contributed by atoms with Gasteiger partial charge in [0.25, 0.3) is 5.91 Å². The molecule has 0 bridgehead atoms. The van der Waals surface area contributed by atoms with Gasteiger partial charge in [0, 0.05) is 11.0 Å². The average molecular weight is 392 g/mol. The van der Waals surface area contributed by atoms with Crippen molar-refractivity contribution in [2.45, 2.75) is 27.3 Å². The summed E-state index contributed by atoms with van der Waals surface area (Å²) in [6.45, 7) is 7.04. The van der Waals surface area contributed by atoms with E-state index in [0.29, 0.717) is 18.9 Å². The Balaban J connectivity index is 1.81. The maximum absolute atomic E-state index is 11.9. The smallest absolute Gasteiger partial charge is 0.258 e. The summed E-state index contributed by atoms with van der Waals surface area (Å²) in [4.78, 5) is 11.9. The van der Waals surface area contributed by atoms with Crippen molar-refractivity contribution in [3.8, 4) is 11.5 Å². The lowest BCUT2D eigenvalue weighted by Crippen LogP contribution is -2.28. The number of benzene rings is 2. The molecule has 0 unspecified atom stereocenters. The molecule has 1 N–H and O–H groups in total. The Labute approximate surface area is 151 Å². The van der Waals surface area contributed by atoms with E-state index in [0.717, 1.165) is 26.9 Å². The van der Waals surface area contributed by atoms with Crippen LogP contribution in [0.25, 0.3) is 0 Å². The fourth-order valence-electron chi connectivity index (χ4n) is 2.26. The van der Waals surface area contributed by atoms with E-state index < -0.39 is 0 Å². The topological polar surface area (TPSA) is 47.6 Å². The molecule has 0 saturated carbocycles. The van der Waals surface area contributed by atoms with E-state index in [2.05, 4.69) is 21.2 Å². The first-order chi connectivity index (χ1) is 11.5. The summed E-state index contributed by atoms with van der Waals surface area (Å²) in [7, 11) is 0. The summed E-state index contributed by atoms with van der Waals surface area (Å²) in [5, 5.41) is 2.85. The monoisotopic (exact) mass is 391 g/mol. The lowest BCUT2D eigenvalue weighted by molar-refractivity contribution is -0.123. The fourth-order valence-corrected chi connectivity index (χ4v) is 2.49. The van der Waals surface area contributed by atoms with Crippen LogP contribution in [0, 0.1) is 13.8 Å². The molecule has 2 rings (SSSR count). The van der Waals surface area contributed by atoms with E-state index in [1.165, 1.54) is 0 Å². The van der Waals surface area contributed by atoms with Gasteiger partial charge in [0.1, 0.15) is 11.5 Å². The number of carbonyl (C=O) groups excluding carboxylic acids is 1. The van der Waals surface area contributed by atoms with Gasteiger partial charge in [-0.3, -0.25) is 4.79 Å². The number of rotatable bonds is 7. The predicted octanol–water partition coefficient (Wildman–Crippen LogP) is 4.16. The SMILES string of the molecule is CCOc1ccc(CNC(=O)COc2cc(C)c(Br)c(C)c2)cc1. The number of hydrogen-bond donors (Lipinski definition) is 1. The van der Waals surface area contributed by atoms with E-state index in [1.807, 2.05) is 57.2 Å². The van der Waals surface area contributed by atoms with Crippen LogP contribution >= 0.6 is 15.9 Å². The number of amides is 1. The third-order valence-electron chi connectivity index (χ3n) is 3.50. The molecule has 0 heterocycles. The Morgan fingerprint density at radius 3 is 2.25 bits per heavy atom. The lowest BCUT2D eigenvalue weighted by atomic mass is 10.1. The second-order valence-corrected chi connectivity index (χ2v) is 6.31. The first-order valence-electron chi connectivity index (χ1n) is 7.87. The molecule has 0 fully saturated rings. The molecule has 0 aliphatic heterocycles. The van der Waals surface area contributed by atoms with Crippen LogP contribution in [0.5, 0.6) is 11.5 Å². The minimum atomic E-state index is -0.151. The Bertz CT molecular complexity index is 675. The summed E-state index contributed by atoms with van der Waals surface area (Å²) in [6.07, 6.45) is 0. The number of halogens is 1. The highest BCUT2D eigenvalue weighted by Crippen LogP contribution is 2.26. The molecule has 0 aliphatic carbocycles. The molecule has 0 spiro atoms. The number of ether oxygens (including phenoxy) is 2. The van der Waals surface area contributed by atoms with Gasteiger partial charge in [-0.05, 0) is 61.7 Å².